The van der Waals surface area contributed by atoms with Crippen LogP contribution in [0.5, 0.6) is 5.75 Å². The molecule has 0 unspecified atom stereocenters. The van der Waals surface area contributed by atoms with Gasteiger partial charge in [0.15, 0.2) is 0 Å². The van der Waals surface area contributed by atoms with Crippen molar-refractivity contribution < 1.29 is 19.1 Å². The normalized spacial score (nSPS) is 15.3. The van der Waals surface area contributed by atoms with E-state index in [0.717, 1.165) is 37.0 Å². The lowest BCUT2D eigenvalue weighted by Crippen LogP contribution is -2.42. The summed E-state index contributed by atoms with van der Waals surface area (Å²) in [7, 11) is 3.01. The maximum Gasteiger partial charge on any atom is 0.307 e. The molecule has 0 saturated heterocycles. The van der Waals surface area contributed by atoms with Crippen LogP contribution >= 0.6 is 0 Å². The number of hydrogen-bond acceptors (Lipinski definition) is 4. The van der Waals surface area contributed by atoms with Gasteiger partial charge in [0.05, 0.1) is 27.1 Å². The third-order valence-electron chi connectivity index (χ3n) is 4.88. The molecule has 1 aromatic carbocycles. The summed E-state index contributed by atoms with van der Waals surface area (Å²) < 4.78 is 9.91. The average Bonchev–Trinajstić information content (AvgIpc) is 2.91. The molecule has 0 radical (unpaired) electrons. The number of rotatable bonds is 7. The fourth-order valence-corrected chi connectivity index (χ4v) is 3.41. The van der Waals surface area contributed by atoms with E-state index >= 15 is 0 Å². The van der Waals surface area contributed by atoms with Crippen LogP contribution in [0.1, 0.15) is 50.5 Å². The van der Waals surface area contributed by atoms with Gasteiger partial charge in [0, 0.05) is 12.6 Å². The van der Waals surface area contributed by atoms with Crippen LogP contribution in [-0.2, 0) is 20.7 Å². The Kier molecular flexibility index (Phi) is 7.76. The van der Waals surface area contributed by atoms with Gasteiger partial charge >= 0.3 is 5.97 Å². The van der Waals surface area contributed by atoms with Crippen LogP contribution in [0, 0.1) is 0 Å². The van der Waals surface area contributed by atoms with E-state index in [0.29, 0.717) is 13.0 Å². The Morgan fingerprint density at radius 3 is 2.24 bits per heavy atom. The molecule has 0 bridgehead atoms. The number of hydrogen-bond donors (Lipinski definition) is 0. The van der Waals surface area contributed by atoms with Gasteiger partial charge < -0.3 is 14.4 Å². The monoisotopic (exact) mass is 347 g/mol. The van der Waals surface area contributed by atoms with Gasteiger partial charge in [0.1, 0.15) is 5.75 Å². The summed E-state index contributed by atoms with van der Waals surface area (Å²) in [6.07, 6.45) is 7.40. The summed E-state index contributed by atoms with van der Waals surface area (Å²) in [4.78, 5) is 26.4. The Hall–Kier alpha value is -2.04. The standard InChI is InChI=1S/C20H29NO4/c1-24-18-11-9-16(10-12-18)15-19(22)21(14-13-20(23)25-2)17-7-5-3-4-6-8-17/h9-12,17H,3-8,13-15H2,1-2H3. The molecule has 1 amide bonds. The van der Waals surface area contributed by atoms with Crippen molar-refractivity contribution >= 4 is 11.9 Å². The van der Waals surface area contributed by atoms with Crippen LogP contribution in [0.15, 0.2) is 24.3 Å². The van der Waals surface area contributed by atoms with Crippen LogP contribution in [-0.4, -0.2) is 43.6 Å². The van der Waals surface area contributed by atoms with Gasteiger partial charge in [-0.15, -0.1) is 0 Å². The van der Waals surface area contributed by atoms with Gasteiger partial charge in [0.2, 0.25) is 5.91 Å². The van der Waals surface area contributed by atoms with Crippen molar-refractivity contribution in [1.29, 1.82) is 0 Å². The maximum absolute atomic E-state index is 12.9. The van der Waals surface area contributed by atoms with E-state index in [1.807, 2.05) is 29.2 Å². The second-order valence-corrected chi connectivity index (χ2v) is 6.58. The van der Waals surface area contributed by atoms with E-state index < -0.39 is 0 Å². The number of nitrogens with zero attached hydrogens (tertiary/aromatic N) is 1. The second kappa shape index (κ2) is 10.1. The highest BCUT2D eigenvalue weighted by atomic mass is 16.5. The minimum atomic E-state index is -0.268. The summed E-state index contributed by atoms with van der Waals surface area (Å²) in [6, 6.07) is 7.81. The van der Waals surface area contributed by atoms with Gasteiger partial charge in [-0.1, -0.05) is 37.8 Å². The van der Waals surface area contributed by atoms with E-state index in [4.69, 9.17) is 9.47 Å². The largest absolute Gasteiger partial charge is 0.497 e. The Bertz CT molecular complexity index is 547. The Labute approximate surface area is 150 Å². The molecule has 0 atom stereocenters. The number of benzene rings is 1. The molecule has 5 nitrogen and oxygen atoms in total. The minimum Gasteiger partial charge on any atom is -0.497 e. The van der Waals surface area contributed by atoms with E-state index in [2.05, 4.69) is 0 Å². The van der Waals surface area contributed by atoms with Crippen molar-refractivity contribution in [3.63, 3.8) is 0 Å². The van der Waals surface area contributed by atoms with Gasteiger partial charge in [0.25, 0.3) is 0 Å². The molecule has 1 aliphatic rings. The molecule has 1 aliphatic carbocycles. The number of carbonyl (C=O) groups excluding carboxylic acids is 2. The highest BCUT2D eigenvalue weighted by Gasteiger charge is 2.25. The first-order chi connectivity index (χ1) is 12.1. The van der Waals surface area contributed by atoms with Crippen molar-refractivity contribution in [3.05, 3.63) is 29.8 Å². The number of amides is 1. The summed E-state index contributed by atoms with van der Waals surface area (Å²) in [5.74, 6) is 0.597. The van der Waals surface area contributed by atoms with Crippen molar-refractivity contribution in [2.45, 2.75) is 57.4 Å². The number of ether oxygens (including phenoxy) is 2. The zero-order chi connectivity index (χ0) is 18.1. The number of methoxy groups -OCH3 is 2. The van der Waals surface area contributed by atoms with E-state index in [1.165, 1.54) is 20.0 Å². The van der Waals surface area contributed by atoms with Crippen LogP contribution in [0.25, 0.3) is 0 Å². The Morgan fingerprint density at radius 1 is 1.04 bits per heavy atom. The van der Waals surface area contributed by atoms with Gasteiger partial charge in [-0.3, -0.25) is 9.59 Å². The number of carbonyl (C=O) groups is 2. The minimum absolute atomic E-state index is 0.0842. The third-order valence-corrected chi connectivity index (χ3v) is 4.88. The van der Waals surface area contributed by atoms with E-state index in [1.54, 1.807) is 7.11 Å². The predicted octanol–water partition coefficient (Wildman–Crippen LogP) is 3.35. The van der Waals surface area contributed by atoms with Crippen molar-refractivity contribution in [1.82, 2.24) is 4.90 Å². The molecule has 2 rings (SSSR count). The summed E-state index contributed by atoms with van der Waals surface area (Å²) in [6.45, 7) is 0.437. The van der Waals surface area contributed by atoms with E-state index in [-0.39, 0.29) is 24.3 Å². The summed E-state index contributed by atoms with van der Waals surface area (Å²) >= 11 is 0. The number of esters is 1. The third kappa shape index (κ3) is 6.07. The molecule has 25 heavy (non-hydrogen) atoms. The van der Waals surface area contributed by atoms with Gasteiger partial charge in [-0.25, -0.2) is 0 Å². The van der Waals surface area contributed by atoms with Gasteiger partial charge in [-0.05, 0) is 30.5 Å². The molecule has 5 heteroatoms. The quantitative estimate of drug-likeness (QED) is 0.561. The first-order valence-corrected chi connectivity index (χ1v) is 9.13. The van der Waals surface area contributed by atoms with Crippen LogP contribution in [0.3, 0.4) is 0 Å². The van der Waals surface area contributed by atoms with Crippen molar-refractivity contribution in [3.8, 4) is 5.75 Å². The summed E-state index contributed by atoms with van der Waals surface area (Å²) in [5.41, 5.74) is 0.961. The Balaban J connectivity index is 2.05. The smallest absolute Gasteiger partial charge is 0.307 e. The first-order valence-electron chi connectivity index (χ1n) is 9.13. The lowest BCUT2D eigenvalue weighted by molar-refractivity contribution is -0.142. The molecular weight excluding hydrogens is 318 g/mol. The lowest BCUT2D eigenvalue weighted by Gasteiger charge is -2.31. The fraction of sp³-hybridized carbons (Fsp3) is 0.600. The lowest BCUT2D eigenvalue weighted by atomic mass is 10.0. The van der Waals surface area contributed by atoms with Crippen LogP contribution in [0.2, 0.25) is 0 Å². The van der Waals surface area contributed by atoms with Crippen LogP contribution < -0.4 is 4.74 Å². The molecule has 0 aliphatic heterocycles. The SMILES string of the molecule is COC(=O)CCN(C(=O)Cc1ccc(OC)cc1)C1CCCCCC1. The molecule has 1 saturated carbocycles. The predicted molar refractivity (Wildman–Crippen MR) is 96.5 cm³/mol. The van der Waals surface area contributed by atoms with Crippen molar-refractivity contribution in [2.75, 3.05) is 20.8 Å². The zero-order valence-electron chi connectivity index (χ0n) is 15.3. The zero-order valence-corrected chi connectivity index (χ0v) is 15.3. The molecule has 138 valence electrons. The average molecular weight is 347 g/mol. The first kappa shape index (κ1) is 19.3. The molecule has 0 spiro atoms. The Morgan fingerprint density at radius 2 is 1.68 bits per heavy atom. The maximum atomic E-state index is 12.9. The molecule has 1 fully saturated rings. The molecule has 1 aromatic rings. The summed E-state index contributed by atoms with van der Waals surface area (Å²) in [5, 5.41) is 0. The highest BCUT2D eigenvalue weighted by Crippen LogP contribution is 2.23. The molecule has 0 aromatic heterocycles. The fourth-order valence-electron chi connectivity index (χ4n) is 3.41. The second-order valence-electron chi connectivity index (χ2n) is 6.58. The molecular formula is C20H29NO4. The topological polar surface area (TPSA) is 55.8 Å². The molecule has 0 N–H and O–H groups in total. The highest BCUT2D eigenvalue weighted by molar-refractivity contribution is 5.80. The van der Waals surface area contributed by atoms with Gasteiger partial charge in [-0.2, -0.15) is 0 Å². The van der Waals surface area contributed by atoms with Crippen molar-refractivity contribution in [2.24, 2.45) is 0 Å². The van der Waals surface area contributed by atoms with E-state index in [9.17, 15) is 9.59 Å². The van der Waals surface area contributed by atoms with Crippen LogP contribution in [0.4, 0.5) is 0 Å². The molecule has 0 heterocycles.